The zero-order chi connectivity index (χ0) is 14.9. The maximum absolute atomic E-state index is 11.4. The number of anilines is 1. The number of nitrogens with zero attached hydrogens (tertiary/aromatic N) is 2. The van der Waals surface area contributed by atoms with Crippen LogP contribution in [0.5, 0.6) is 0 Å². The highest BCUT2D eigenvalue weighted by molar-refractivity contribution is 7.89. The van der Waals surface area contributed by atoms with E-state index < -0.39 is 10.0 Å². The first-order chi connectivity index (χ1) is 9.27. The molecule has 0 saturated heterocycles. The second-order valence-corrected chi connectivity index (χ2v) is 6.40. The Labute approximate surface area is 118 Å². The Balaban J connectivity index is 2.29. The Hall–Kier alpha value is -1.86. The molecule has 0 saturated carbocycles. The molecule has 1 unspecified atom stereocenters. The Kier molecular flexibility index (Phi) is 3.82. The van der Waals surface area contributed by atoms with Crippen LogP contribution in [-0.4, -0.2) is 18.2 Å². The van der Waals surface area contributed by atoms with Crippen LogP contribution in [0.2, 0.25) is 0 Å². The number of hydrogen-bond donors (Lipinski definition) is 2. The minimum absolute atomic E-state index is 0.0122. The van der Waals surface area contributed by atoms with Crippen molar-refractivity contribution < 1.29 is 8.42 Å². The van der Waals surface area contributed by atoms with E-state index in [2.05, 4.69) is 10.4 Å². The lowest BCUT2D eigenvalue weighted by Gasteiger charge is -2.16. The molecule has 1 heterocycles. The standard InChI is InChI=1S/C13H18N4O2S/c1-9-4-5-12(20(14,18)19)6-13(9)16-10(2)11-7-15-17(3)8-11/h4-8,10,16H,1-3H3,(H2,14,18,19). The number of aromatic nitrogens is 2. The topological polar surface area (TPSA) is 90.0 Å². The minimum atomic E-state index is -3.69. The molecule has 0 fully saturated rings. The molecule has 3 N–H and O–H groups in total. The highest BCUT2D eigenvalue weighted by Gasteiger charge is 2.13. The summed E-state index contributed by atoms with van der Waals surface area (Å²) in [5.41, 5.74) is 2.72. The van der Waals surface area contributed by atoms with Crippen molar-refractivity contribution >= 4 is 15.7 Å². The molecule has 0 aliphatic rings. The number of nitrogens with two attached hydrogens (primary N) is 1. The first-order valence-electron chi connectivity index (χ1n) is 6.16. The molecule has 0 aliphatic heterocycles. The second kappa shape index (κ2) is 5.26. The molecule has 0 bridgehead atoms. The number of aryl methyl sites for hydroxylation is 2. The normalized spacial score (nSPS) is 13.2. The molecule has 7 heteroatoms. The van der Waals surface area contributed by atoms with Crippen molar-refractivity contribution in [2.45, 2.75) is 24.8 Å². The number of hydrogen-bond acceptors (Lipinski definition) is 4. The third-order valence-electron chi connectivity index (χ3n) is 3.13. The molecule has 20 heavy (non-hydrogen) atoms. The lowest BCUT2D eigenvalue weighted by molar-refractivity contribution is 0.598. The van der Waals surface area contributed by atoms with Crippen molar-refractivity contribution in [2.75, 3.05) is 5.32 Å². The second-order valence-electron chi connectivity index (χ2n) is 4.84. The zero-order valence-corrected chi connectivity index (χ0v) is 12.5. The average molecular weight is 294 g/mol. The van der Waals surface area contributed by atoms with E-state index in [9.17, 15) is 8.42 Å². The van der Waals surface area contributed by atoms with Crippen molar-refractivity contribution in [1.82, 2.24) is 9.78 Å². The summed E-state index contributed by atoms with van der Waals surface area (Å²) in [6.45, 7) is 3.89. The molecule has 0 aliphatic carbocycles. The first-order valence-corrected chi connectivity index (χ1v) is 7.70. The third-order valence-corrected chi connectivity index (χ3v) is 4.05. The van der Waals surface area contributed by atoms with Gasteiger partial charge in [0.2, 0.25) is 10.0 Å². The van der Waals surface area contributed by atoms with Crippen molar-refractivity contribution in [3.63, 3.8) is 0 Å². The maximum atomic E-state index is 11.4. The van der Waals surface area contributed by atoms with Gasteiger partial charge in [0.1, 0.15) is 0 Å². The van der Waals surface area contributed by atoms with E-state index in [1.807, 2.05) is 27.1 Å². The fraction of sp³-hybridized carbons (Fsp3) is 0.308. The van der Waals surface area contributed by atoms with Gasteiger partial charge in [-0.25, -0.2) is 13.6 Å². The molecule has 1 aromatic carbocycles. The summed E-state index contributed by atoms with van der Waals surface area (Å²) in [6.07, 6.45) is 3.69. The summed E-state index contributed by atoms with van der Waals surface area (Å²) in [5, 5.41) is 12.6. The molecule has 6 nitrogen and oxygen atoms in total. The smallest absolute Gasteiger partial charge is 0.238 e. The van der Waals surface area contributed by atoms with E-state index in [1.165, 1.54) is 6.07 Å². The Bertz CT molecular complexity index is 722. The zero-order valence-electron chi connectivity index (χ0n) is 11.7. The van der Waals surface area contributed by atoms with Gasteiger partial charge in [-0.15, -0.1) is 0 Å². The van der Waals surface area contributed by atoms with E-state index in [0.29, 0.717) is 0 Å². The minimum Gasteiger partial charge on any atom is -0.378 e. The van der Waals surface area contributed by atoms with Crippen LogP contribution in [0.25, 0.3) is 0 Å². The van der Waals surface area contributed by atoms with Crippen LogP contribution in [0, 0.1) is 6.92 Å². The van der Waals surface area contributed by atoms with Crippen molar-refractivity contribution in [3.8, 4) is 0 Å². The quantitative estimate of drug-likeness (QED) is 0.895. The molecule has 2 rings (SSSR count). The van der Waals surface area contributed by atoms with Gasteiger partial charge >= 0.3 is 0 Å². The molecular formula is C13H18N4O2S. The summed E-state index contributed by atoms with van der Waals surface area (Å²) in [6, 6.07) is 4.80. The van der Waals surface area contributed by atoms with Gasteiger partial charge in [0.15, 0.2) is 0 Å². The van der Waals surface area contributed by atoms with Gasteiger partial charge in [-0.05, 0) is 31.5 Å². The van der Waals surface area contributed by atoms with E-state index in [4.69, 9.17) is 5.14 Å². The van der Waals surface area contributed by atoms with Crippen LogP contribution in [0.15, 0.2) is 35.5 Å². The largest absolute Gasteiger partial charge is 0.378 e. The average Bonchev–Trinajstić information content (AvgIpc) is 2.77. The Morgan fingerprint density at radius 3 is 2.65 bits per heavy atom. The highest BCUT2D eigenvalue weighted by Crippen LogP contribution is 2.24. The van der Waals surface area contributed by atoms with Gasteiger partial charge < -0.3 is 5.32 Å². The Morgan fingerprint density at radius 2 is 2.10 bits per heavy atom. The van der Waals surface area contributed by atoms with E-state index in [-0.39, 0.29) is 10.9 Å². The van der Waals surface area contributed by atoms with Crippen LogP contribution in [-0.2, 0) is 17.1 Å². The van der Waals surface area contributed by atoms with Crippen LogP contribution < -0.4 is 10.5 Å². The third kappa shape index (κ3) is 3.17. The summed E-state index contributed by atoms with van der Waals surface area (Å²) in [7, 11) is -1.84. The number of primary sulfonamides is 1. The van der Waals surface area contributed by atoms with Gasteiger partial charge in [-0.2, -0.15) is 5.10 Å². The van der Waals surface area contributed by atoms with E-state index in [1.54, 1.807) is 23.0 Å². The molecular weight excluding hydrogens is 276 g/mol. The number of rotatable bonds is 4. The van der Waals surface area contributed by atoms with Gasteiger partial charge in [0, 0.05) is 24.5 Å². The van der Waals surface area contributed by atoms with Crippen LogP contribution >= 0.6 is 0 Å². The summed E-state index contributed by atoms with van der Waals surface area (Å²) < 4.78 is 24.5. The highest BCUT2D eigenvalue weighted by atomic mass is 32.2. The predicted molar refractivity (Wildman–Crippen MR) is 77.8 cm³/mol. The number of benzene rings is 1. The number of nitrogens with one attached hydrogen (secondary N) is 1. The fourth-order valence-electron chi connectivity index (χ4n) is 1.91. The molecule has 1 aromatic heterocycles. The molecule has 2 aromatic rings. The van der Waals surface area contributed by atoms with Gasteiger partial charge in [0.05, 0.1) is 17.1 Å². The maximum Gasteiger partial charge on any atom is 0.238 e. The first kappa shape index (κ1) is 14.5. The lowest BCUT2D eigenvalue weighted by Crippen LogP contribution is -2.13. The summed E-state index contributed by atoms with van der Waals surface area (Å²) >= 11 is 0. The van der Waals surface area contributed by atoms with Crippen LogP contribution in [0.3, 0.4) is 0 Å². The number of sulfonamides is 1. The SMILES string of the molecule is Cc1ccc(S(N)(=O)=O)cc1NC(C)c1cnn(C)c1. The predicted octanol–water partition coefficient (Wildman–Crippen LogP) is 1.55. The molecule has 1 atom stereocenters. The van der Waals surface area contributed by atoms with Crippen molar-refractivity contribution in [3.05, 3.63) is 41.7 Å². The van der Waals surface area contributed by atoms with E-state index >= 15 is 0 Å². The van der Waals surface area contributed by atoms with Gasteiger partial charge in [-0.1, -0.05) is 6.07 Å². The van der Waals surface area contributed by atoms with E-state index in [0.717, 1.165) is 16.8 Å². The monoisotopic (exact) mass is 294 g/mol. The molecule has 0 spiro atoms. The van der Waals surface area contributed by atoms with Crippen LogP contribution in [0.1, 0.15) is 24.1 Å². The fourth-order valence-corrected chi connectivity index (χ4v) is 2.45. The van der Waals surface area contributed by atoms with Crippen molar-refractivity contribution in [1.29, 1.82) is 0 Å². The molecule has 0 amide bonds. The molecule has 108 valence electrons. The van der Waals surface area contributed by atoms with Gasteiger partial charge in [0.25, 0.3) is 0 Å². The Morgan fingerprint density at radius 1 is 1.40 bits per heavy atom. The lowest BCUT2D eigenvalue weighted by atomic mass is 10.1. The summed E-state index contributed by atoms with van der Waals surface area (Å²) in [5.74, 6) is 0. The molecule has 0 radical (unpaired) electrons. The van der Waals surface area contributed by atoms with Gasteiger partial charge in [-0.3, -0.25) is 4.68 Å². The van der Waals surface area contributed by atoms with Crippen LogP contribution in [0.4, 0.5) is 5.69 Å². The summed E-state index contributed by atoms with van der Waals surface area (Å²) in [4.78, 5) is 0.101. The van der Waals surface area contributed by atoms with Crippen molar-refractivity contribution in [2.24, 2.45) is 12.2 Å².